The van der Waals surface area contributed by atoms with E-state index < -0.39 is 61.1 Å². The van der Waals surface area contributed by atoms with Crippen LogP contribution >= 0.6 is 0 Å². The third kappa shape index (κ3) is 3.24. The highest BCUT2D eigenvalue weighted by atomic mass is 16.7. The number of allylic oxidation sites excluding steroid dienone is 1. The molecule has 0 aromatic heterocycles. The first-order valence-electron chi connectivity index (χ1n) is 10.3. The fraction of sp³-hybridized carbons (Fsp3) is 0.762. The lowest BCUT2D eigenvalue weighted by molar-refractivity contribution is -0.308. The van der Waals surface area contributed by atoms with Crippen LogP contribution in [0.15, 0.2) is 24.3 Å². The second kappa shape index (κ2) is 7.67. The van der Waals surface area contributed by atoms with Gasteiger partial charge in [0.1, 0.15) is 30.5 Å². The van der Waals surface area contributed by atoms with Crippen LogP contribution in [0.2, 0.25) is 0 Å². The second-order valence-electron chi connectivity index (χ2n) is 9.09. The van der Waals surface area contributed by atoms with Gasteiger partial charge in [-0.15, -0.1) is 0 Å². The van der Waals surface area contributed by atoms with Crippen molar-refractivity contribution in [2.75, 3.05) is 6.61 Å². The Balaban J connectivity index is 1.55. The molecule has 168 valence electrons. The van der Waals surface area contributed by atoms with Crippen LogP contribution in [0, 0.1) is 17.8 Å². The Hall–Kier alpha value is -1.33. The minimum Gasteiger partial charge on any atom is -0.459 e. The molecule has 0 unspecified atom stereocenters. The molecule has 9 heteroatoms. The van der Waals surface area contributed by atoms with Crippen LogP contribution in [0.3, 0.4) is 0 Å². The maximum Gasteiger partial charge on any atom is 0.338 e. The number of esters is 1. The molecule has 11 atom stereocenters. The Kier molecular flexibility index (Phi) is 5.59. The normalized spacial score (nSPS) is 51.3. The zero-order valence-electron chi connectivity index (χ0n) is 16.9. The molecule has 2 saturated carbocycles. The molecule has 5 N–H and O–H groups in total. The van der Waals surface area contributed by atoms with Crippen LogP contribution in [-0.4, -0.2) is 86.6 Å². The van der Waals surface area contributed by atoms with Crippen molar-refractivity contribution in [2.45, 2.75) is 74.7 Å². The molecule has 2 heterocycles. The topological polar surface area (TPSA) is 146 Å². The van der Waals surface area contributed by atoms with Crippen LogP contribution in [0.1, 0.15) is 26.2 Å². The summed E-state index contributed by atoms with van der Waals surface area (Å²) in [5.74, 6) is -1.41. The average Bonchev–Trinajstić information content (AvgIpc) is 3.07. The number of fused-ring (bicyclic) bond motifs is 3. The maximum absolute atomic E-state index is 12.2. The number of aliphatic hydroxyl groups excluding tert-OH is 4. The van der Waals surface area contributed by atoms with Crippen molar-refractivity contribution in [2.24, 2.45) is 17.8 Å². The Labute approximate surface area is 174 Å². The largest absolute Gasteiger partial charge is 0.459 e. The molecule has 4 fully saturated rings. The molecule has 4 rings (SSSR count). The van der Waals surface area contributed by atoms with E-state index in [0.29, 0.717) is 24.8 Å². The molecule has 0 aromatic carbocycles. The van der Waals surface area contributed by atoms with Crippen LogP contribution in [0.25, 0.3) is 0 Å². The summed E-state index contributed by atoms with van der Waals surface area (Å²) in [6.45, 7) is 9.27. The van der Waals surface area contributed by atoms with Gasteiger partial charge in [0.2, 0.25) is 0 Å². The third-order valence-corrected chi connectivity index (χ3v) is 7.32. The highest BCUT2D eigenvalue weighted by Gasteiger charge is 2.60. The molecule has 0 radical (unpaired) electrons. The number of carbonyl (C=O) groups is 1. The highest BCUT2D eigenvalue weighted by molar-refractivity contribution is 5.82. The van der Waals surface area contributed by atoms with Gasteiger partial charge in [-0.25, -0.2) is 4.79 Å². The SMILES string of the molecule is C=C1[C@@H]2[C@H]3OC(=O)[C@](C)(O)[C@@H]3CCC(=C)[C@@H]2C[C@@H]1O[C@@H]1O[C@H](CO)[C@@H](O)[C@H](O)[C@H]1O. The summed E-state index contributed by atoms with van der Waals surface area (Å²) in [6, 6.07) is 0. The fourth-order valence-electron chi connectivity index (χ4n) is 5.44. The van der Waals surface area contributed by atoms with Crippen molar-refractivity contribution >= 4 is 5.97 Å². The molecule has 30 heavy (non-hydrogen) atoms. The van der Waals surface area contributed by atoms with E-state index in [9.17, 15) is 30.3 Å². The summed E-state index contributed by atoms with van der Waals surface area (Å²) in [4.78, 5) is 12.2. The van der Waals surface area contributed by atoms with E-state index in [4.69, 9.17) is 14.2 Å². The first kappa shape index (κ1) is 21.9. The van der Waals surface area contributed by atoms with E-state index in [0.717, 1.165) is 5.57 Å². The van der Waals surface area contributed by atoms with Gasteiger partial charge in [-0.2, -0.15) is 0 Å². The van der Waals surface area contributed by atoms with E-state index >= 15 is 0 Å². The minimum atomic E-state index is -1.57. The second-order valence-corrected chi connectivity index (χ2v) is 9.09. The highest BCUT2D eigenvalue weighted by Crippen LogP contribution is 2.54. The lowest BCUT2D eigenvalue weighted by atomic mass is 9.78. The first-order valence-corrected chi connectivity index (χ1v) is 10.3. The van der Waals surface area contributed by atoms with Crippen molar-refractivity contribution in [3.8, 4) is 0 Å². The number of ether oxygens (including phenoxy) is 3. The van der Waals surface area contributed by atoms with Gasteiger partial charge in [0.15, 0.2) is 11.9 Å². The van der Waals surface area contributed by atoms with Gasteiger partial charge in [-0.1, -0.05) is 18.7 Å². The van der Waals surface area contributed by atoms with E-state index in [1.165, 1.54) is 6.92 Å². The molecule has 0 amide bonds. The van der Waals surface area contributed by atoms with Crippen molar-refractivity contribution < 1.29 is 44.5 Å². The maximum atomic E-state index is 12.2. The summed E-state index contributed by atoms with van der Waals surface area (Å²) in [5.41, 5.74) is 0.0267. The van der Waals surface area contributed by atoms with Gasteiger partial charge >= 0.3 is 5.97 Å². The van der Waals surface area contributed by atoms with Crippen LogP contribution in [-0.2, 0) is 19.0 Å². The number of hydrogen-bond donors (Lipinski definition) is 5. The fourth-order valence-corrected chi connectivity index (χ4v) is 5.44. The smallest absolute Gasteiger partial charge is 0.338 e. The van der Waals surface area contributed by atoms with Crippen molar-refractivity contribution in [1.29, 1.82) is 0 Å². The summed E-state index contributed by atoms with van der Waals surface area (Å²) in [7, 11) is 0. The van der Waals surface area contributed by atoms with E-state index in [2.05, 4.69) is 13.2 Å². The number of carbonyl (C=O) groups excluding carboxylic acids is 1. The van der Waals surface area contributed by atoms with Crippen LogP contribution in [0.5, 0.6) is 0 Å². The predicted molar refractivity (Wildman–Crippen MR) is 102 cm³/mol. The summed E-state index contributed by atoms with van der Waals surface area (Å²) in [5, 5.41) is 50.3. The Morgan fingerprint density at radius 3 is 2.57 bits per heavy atom. The lowest BCUT2D eigenvalue weighted by Gasteiger charge is -2.40. The van der Waals surface area contributed by atoms with E-state index in [1.54, 1.807) is 0 Å². The average molecular weight is 426 g/mol. The van der Waals surface area contributed by atoms with E-state index in [1.807, 2.05) is 0 Å². The summed E-state index contributed by atoms with van der Waals surface area (Å²) in [6.07, 6.45) is -6.30. The van der Waals surface area contributed by atoms with Crippen LogP contribution in [0.4, 0.5) is 0 Å². The van der Waals surface area contributed by atoms with Gasteiger partial charge in [0, 0.05) is 11.8 Å². The van der Waals surface area contributed by atoms with Gasteiger partial charge in [-0.3, -0.25) is 0 Å². The number of hydrogen-bond acceptors (Lipinski definition) is 9. The van der Waals surface area contributed by atoms with Crippen molar-refractivity contribution in [1.82, 2.24) is 0 Å². The molecular formula is C21H30O9. The van der Waals surface area contributed by atoms with Gasteiger partial charge in [0.25, 0.3) is 0 Å². The quantitative estimate of drug-likeness (QED) is 0.283. The standard InChI is InChI=1S/C21H30O9/c1-8-4-5-11-18(30-20(26)21(11,3)27)14-9(2)12(6-10(8)14)28-19-17(25)16(24)15(23)13(7-22)29-19/h10-19,22-25,27H,1-2,4-7H2,3H3/t10-,11+,12-,13+,14-,15+,16-,17+,18-,19+,21+/m0/s1. The molecule has 0 spiro atoms. The molecule has 2 saturated heterocycles. The molecule has 4 aliphatic rings. The van der Waals surface area contributed by atoms with E-state index in [-0.39, 0.29) is 17.8 Å². The molecule has 2 aliphatic heterocycles. The molecule has 0 aromatic rings. The molecule has 0 bridgehead atoms. The first-order chi connectivity index (χ1) is 14.1. The minimum absolute atomic E-state index is 0.0796. The molecule has 9 nitrogen and oxygen atoms in total. The zero-order chi connectivity index (χ0) is 22.0. The Bertz CT molecular complexity index is 732. The van der Waals surface area contributed by atoms with Gasteiger partial charge in [-0.05, 0) is 37.7 Å². The third-order valence-electron chi connectivity index (χ3n) is 7.32. The molecular weight excluding hydrogens is 396 g/mol. The summed E-state index contributed by atoms with van der Waals surface area (Å²) < 4.78 is 17.0. The zero-order valence-corrected chi connectivity index (χ0v) is 16.9. The monoisotopic (exact) mass is 426 g/mol. The van der Waals surface area contributed by atoms with Crippen LogP contribution < -0.4 is 0 Å². The molecule has 2 aliphatic carbocycles. The number of aliphatic hydroxyl groups is 5. The van der Waals surface area contributed by atoms with Gasteiger partial charge < -0.3 is 39.7 Å². The predicted octanol–water partition coefficient (Wildman–Crippen LogP) is -0.994. The Morgan fingerprint density at radius 1 is 1.20 bits per heavy atom. The summed E-state index contributed by atoms with van der Waals surface area (Å²) >= 11 is 0. The lowest BCUT2D eigenvalue weighted by Crippen LogP contribution is -2.59. The number of rotatable bonds is 3. The van der Waals surface area contributed by atoms with Crippen molar-refractivity contribution in [3.63, 3.8) is 0 Å². The Morgan fingerprint density at radius 2 is 1.90 bits per heavy atom. The van der Waals surface area contributed by atoms with Crippen molar-refractivity contribution in [3.05, 3.63) is 24.3 Å². The van der Waals surface area contributed by atoms with Gasteiger partial charge in [0.05, 0.1) is 12.7 Å².